The van der Waals surface area contributed by atoms with E-state index in [4.69, 9.17) is 10.5 Å². The molecule has 0 spiro atoms. The quantitative estimate of drug-likeness (QED) is 0.648. The molecule has 3 N–H and O–H groups in total. The van der Waals surface area contributed by atoms with Crippen LogP contribution in [0.5, 0.6) is 0 Å². The third kappa shape index (κ3) is 4.67. The highest BCUT2D eigenvalue weighted by Gasteiger charge is 2.25. The van der Waals surface area contributed by atoms with Gasteiger partial charge in [0.15, 0.2) is 6.10 Å². The van der Waals surface area contributed by atoms with Crippen molar-refractivity contribution in [3.63, 3.8) is 0 Å². The first kappa shape index (κ1) is 19.8. The van der Waals surface area contributed by atoms with Crippen molar-refractivity contribution < 1.29 is 19.1 Å². The summed E-state index contributed by atoms with van der Waals surface area (Å²) in [5.41, 5.74) is 8.10. The molecule has 0 radical (unpaired) electrons. The van der Waals surface area contributed by atoms with Gasteiger partial charge in [-0.3, -0.25) is 10.1 Å². The van der Waals surface area contributed by atoms with Gasteiger partial charge < -0.3 is 10.5 Å². The van der Waals surface area contributed by atoms with E-state index in [1.165, 1.54) is 6.92 Å². The van der Waals surface area contributed by atoms with Gasteiger partial charge in [-0.1, -0.05) is 48.0 Å². The standard InChI is InChI=1S/C21H20N4O4/c1-13-8-10-15(11-9-13)18-17(12-25(24-18)16-6-4-3-5-7-16)20(27)29-14(2)19(26)23-21(22)28/h3-12,14H,1-2H3,(H3,22,23,26,28). The average molecular weight is 392 g/mol. The van der Waals surface area contributed by atoms with Crippen molar-refractivity contribution in [3.8, 4) is 16.9 Å². The lowest BCUT2D eigenvalue weighted by Gasteiger charge is -2.11. The van der Waals surface area contributed by atoms with Gasteiger partial charge in [0, 0.05) is 11.8 Å². The third-order valence-electron chi connectivity index (χ3n) is 4.18. The van der Waals surface area contributed by atoms with Crippen LogP contribution in [0.25, 0.3) is 16.9 Å². The average Bonchev–Trinajstić information content (AvgIpc) is 3.14. The highest BCUT2D eigenvalue weighted by Crippen LogP contribution is 2.25. The van der Waals surface area contributed by atoms with Gasteiger partial charge in [0.25, 0.3) is 5.91 Å². The molecule has 0 aliphatic rings. The molecule has 1 aromatic heterocycles. The maximum Gasteiger partial charge on any atom is 0.342 e. The number of rotatable bonds is 5. The van der Waals surface area contributed by atoms with Crippen LogP contribution >= 0.6 is 0 Å². The largest absolute Gasteiger partial charge is 0.449 e. The van der Waals surface area contributed by atoms with E-state index in [9.17, 15) is 14.4 Å². The molecule has 0 bridgehead atoms. The van der Waals surface area contributed by atoms with Crippen LogP contribution in [-0.4, -0.2) is 33.8 Å². The number of carbonyl (C=O) groups is 3. The van der Waals surface area contributed by atoms with Crippen molar-refractivity contribution >= 4 is 17.9 Å². The molecule has 0 fully saturated rings. The summed E-state index contributed by atoms with van der Waals surface area (Å²) in [7, 11) is 0. The minimum absolute atomic E-state index is 0.191. The fourth-order valence-electron chi connectivity index (χ4n) is 2.66. The van der Waals surface area contributed by atoms with E-state index in [-0.39, 0.29) is 5.56 Å². The van der Waals surface area contributed by atoms with Crippen LogP contribution in [0, 0.1) is 6.92 Å². The van der Waals surface area contributed by atoms with Gasteiger partial charge in [0.1, 0.15) is 11.3 Å². The minimum Gasteiger partial charge on any atom is -0.449 e. The number of carbonyl (C=O) groups excluding carboxylic acids is 3. The normalized spacial score (nSPS) is 11.5. The maximum atomic E-state index is 12.8. The molecule has 0 saturated heterocycles. The molecule has 1 atom stereocenters. The summed E-state index contributed by atoms with van der Waals surface area (Å²) < 4.78 is 6.79. The Morgan fingerprint density at radius 2 is 1.72 bits per heavy atom. The predicted molar refractivity (Wildman–Crippen MR) is 106 cm³/mol. The zero-order chi connectivity index (χ0) is 21.0. The lowest BCUT2D eigenvalue weighted by molar-refractivity contribution is -0.127. The Morgan fingerprint density at radius 1 is 1.07 bits per heavy atom. The molecule has 8 nitrogen and oxygen atoms in total. The summed E-state index contributed by atoms with van der Waals surface area (Å²) in [5, 5.41) is 6.43. The Bertz CT molecular complexity index is 1040. The van der Waals surface area contributed by atoms with Crippen molar-refractivity contribution in [1.82, 2.24) is 15.1 Å². The number of nitrogens with two attached hydrogens (primary N) is 1. The minimum atomic E-state index is -1.21. The van der Waals surface area contributed by atoms with Gasteiger partial charge in [-0.15, -0.1) is 0 Å². The van der Waals surface area contributed by atoms with E-state index in [0.29, 0.717) is 5.69 Å². The van der Waals surface area contributed by atoms with E-state index in [1.54, 1.807) is 10.9 Å². The molecule has 3 amide bonds. The number of primary amides is 1. The summed E-state index contributed by atoms with van der Waals surface area (Å²) in [5.74, 6) is -1.55. The zero-order valence-corrected chi connectivity index (χ0v) is 16.0. The summed E-state index contributed by atoms with van der Waals surface area (Å²) >= 11 is 0. The topological polar surface area (TPSA) is 116 Å². The molecule has 0 saturated carbocycles. The van der Waals surface area contributed by atoms with E-state index in [1.807, 2.05) is 66.8 Å². The highest BCUT2D eigenvalue weighted by molar-refractivity contribution is 6.00. The number of hydrogen-bond acceptors (Lipinski definition) is 5. The predicted octanol–water partition coefficient (Wildman–Crippen LogP) is 2.59. The smallest absolute Gasteiger partial charge is 0.342 e. The second-order valence-corrected chi connectivity index (χ2v) is 6.44. The van der Waals surface area contributed by atoms with E-state index in [0.717, 1.165) is 16.8 Å². The summed E-state index contributed by atoms with van der Waals surface area (Å²) in [6.45, 7) is 3.31. The molecule has 1 heterocycles. The molecule has 0 aliphatic carbocycles. The van der Waals surface area contributed by atoms with Gasteiger partial charge >= 0.3 is 12.0 Å². The molecule has 3 aromatic rings. The zero-order valence-electron chi connectivity index (χ0n) is 16.0. The van der Waals surface area contributed by atoms with Crippen molar-refractivity contribution in [2.24, 2.45) is 5.73 Å². The second-order valence-electron chi connectivity index (χ2n) is 6.44. The van der Waals surface area contributed by atoms with Crippen molar-refractivity contribution in [1.29, 1.82) is 0 Å². The summed E-state index contributed by atoms with van der Waals surface area (Å²) in [6.07, 6.45) is 0.340. The number of urea groups is 1. The monoisotopic (exact) mass is 392 g/mol. The molecule has 3 rings (SSSR count). The first-order valence-corrected chi connectivity index (χ1v) is 8.88. The molecular formula is C21H20N4O4. The number of hydrogen-bond donors (Lipinski definition) is 2. The molecule has 148 valence electrons. The van der Waals surface area contributed by atoms with E-state index < -0.39 is 24.0 Å². The first-order chi connectivity index (χ1) is 13.8. The van der Waals surface area contributed by atoms with E-state index >= 15 is 0 Å². The highest BCUT2D eigenvalue weighted by atomic mass is 16.5. The lowest BCUT2D eigenvalue weighted by atomic mass is 10.1. The molecule has 1 unspecified atom stereocenters. The van der Waals surface area contributed by atoms with Crippen molar-refractivity contribution in [2.45, 2.75) is 20.0 Å². The van der Waals surface area contributed by atoms with Gasteiger partial charge in [0.2, 0.25) is 0 Å². The number of esters is 1. The number of para-hydroxylation sites is 1. The molecule has 8 heteroatoms. The van der Waals surface area contributed by atoms with Crippen LogP contribution in [0.3, 0.4) is 0 Å². The lowest BCUT2D eigenvalue weighted by Crippen LogP contribution is -2.42. The number of benzene rings is 2. The summed E-state index contributed by atoms with van der Waals surface area (Å²) in [4.78, 5) is 35.4. The number of aryl methyl sites for hydroxylation is 1. The van der Waals surface area contributed by atoms with Gasteiger partial charge in [0.05, 0.1) is 5.69 Å². The first-order valence-electron chi connectivity index (χ1n) is 8.88. The maximum absolute atomic E-state index is 12.8. The van der Waals surface area contributed by atoms with Crippen LogP contribution in [-0.2, 0) is 9.53 Å². The molecule has 0 aliphatic heterocycles. The third-order valence-corrected chi connectivity index (χ3v) is 4.18. The van der Waals surface area contributed by atoms with Gasteiger partial charge in [-0.05, 0) is 26.0 Å². The molecular weight excluding hydrogens is 372 g/mol. The van der Waals surface area contributed by atoms with Crippen LogP contribution in [0.15, 0.2) is 60.8 Å². The van der Waals surface area contributed by atoms with Crippen molar-refractivity contribution in [2.75, 3.05) is 0 Å². The van der Waals surface area contributed by atoms with E-state index in [2.05, 4.69) is 5.10 Å². The molecule has 29 heavy (non-hydrogen) atoms. The molecule has 2 aromatic carbocycles. The fraction of sp³-hybridized carbons (Fsp3) is 0.143. The van der Waals surface area contributed by atoms with Gasteiger partial charge in [-0.2, -0.15) is 5.10 Å². The second kappa shape index (κ2) is 8.39. The number of aromatic nitrogens is 2. The number of amides is 3. The Morgan fingerprint density at radius 3 is 2.34 bits per heavy atom. The number of imide groups is 1. The summed E-state index contributed by atoms with van der Waals surface area (Å²) in [6, 6.07) is 15.8. The van der Waals surface area contributed by atoms with Crippen LogP contribution in [0.2, 0.25) is 0 Å². The Balaban J connectivity index is 1.96. The number of nitrogens with one attached hydrogen (secondary N) is 1. The van der Waals surface area contributed by atoms with Crippen LogP contribution in [0.4, 0.5) is 4.79 Å². The fourth-order valence-corrected chi connectivity index (χ4v) is 2.66. The van der Waals surface area contributed by atoms with Gasteiger partial charge in [-0.25, -0.2) is 14.3 Å². The number of ether oxygens (including phenoxy) is 1. The SMILES string of the molecule is Cc1ccc(-c2nn(-c3ccccc3)cc2C(=O)OC(C)C(=O)NC(N)=O)cc1. The van der Waals surface area contributed by atoms with Crippen LogP contribution in [0.1, 0.15) is 22.8 Å². The Labute approximate surface area is 167 Å². The Hall–Kier alpha value is -3.94. The Kier molecular flexibility index (Phi) is 5.73. The number of nitrogens with zero attached hydrogens (tertiary/aromatic N) is 2. The van der Waals surface area contributed by atoms with Crippen molar-refractivity contribution in [3.05, 3.63) is 71.9 Å². The van der Waals surface area contributed by atoms with Crippen LogP contribution < -0.4 is 11.1 Å².